The molecule has 2 nitrogen and oxygen atoms in total. The van der Waals surface area contributed by atoms with Crippen LogP contribution in [0.25, 0.3) is 0 Å². The van der Waals surface area contributed by atoms with Crippen molar-refractivity contribution in [1.82, 2.24) is 0 Å². The molecule has 1 N–H and O–H groups in total. The molecule has 0 saturated carbocycles. The summed E-state index contributed by atoms with van der Waals surface area (Å²) in [6.45, 7) is 0. The summed E-state index contributed by atoms with van der Waals surface area (Å²) in [5.74, 6) is -1.23. The van der Waals surface area contributed by atoms with Crippen molar-refractivity contribution in [3.05, 3.63) is 35.4 Å². The number of aliphatic hydroxyl groups is 1. The molecule has 1 aromatic carbocycles. The molecule has 0 radical (unpaired) electrons. The molecular weight excluding hydrogens is 270 g/mol. The monoisotopic (exact) mass is 286 g/mol. The fourth-order valence-corrected chi connectivity index (χ4v) is 5.57. The zero-order chi connectivity index (χ0) is 13.6. The van der Waals surface area contributed by atoms with Crippen LogP contribution in [0.4, 0.5) is 8.78 Å². The van der Waals surface area contributed by atoms with Crippen molar-refractivity contribution in [2.45, 2.75) is 48.2 Å². The van der Waals surface area contributed by atoms with E-state index in [1.165, 1.54) is 12.1 Å². The Morgan fingerprint density at radius 2 is 1.89 bits per heavy atom. The Bertz CT molecular complexity index is 516. The summed E-state index contributed by atoms with van der Waals surface area (Å²) in [5.41, 5.74) is -0.672. The van der Waals surface area contributed by atoms with Crippen molar-refractivity contribution in [3.63, 3.8) is 0 Å². The highest BCUT2D eigenvalue weighted by atomic mass is 32.2. The van der Waals surface area contributed by atoms with Gasteiger partial charge in [0.2, 0.25) is 0 Å². The second-order valence-electron chi connectivity index (χ2n) is 5.69. The van der Waals surface area contributed by atoms with Gasteiger partial charge >= 0.3 is 0 Å². The smallest absolute Gasteiger partial charge is 0.129 e. The number of hydrogen-bond donors (Lipinski definition) is 1. The van der Waals surface area contributed by atoms with E-state index in [1.54, 1.807) is 0 Å². The molecular formula is C14H16F2O2S. The number of halogens is 2. The van der Waals surface area contributed by atoms with Crippen molar-refractivity contribution >= 4 is 10.8 Å². The van der Waals surface area contributed by atoms with Crippen LogP contribution in [-0.4, -0.2) is 25.4 Å². The summed E-state index contributed by atoms with van der Waals surface area (Å²) < 4.78 is 38.4. The van der Waals surface area contributed by atoms with Gasteiger partial charge in [-0.05, 0) is 37.3 Å². The first-order valence-corrected chi connectivity index (χ1v) is 7.80. The lowest BCUT2D eigenvalue weighted by molar-refractivity contribution is 0.0222. The molecule has 104 valence electrons. The molecule has 2 saturated heterocycles. The topological polar surface area (TPSA) is 37.3 Å². The van der Waals surface area contributed by atoms with Crippen LogP contribution in [0.3, 0.4) is 0 Å². The van der Waals surface area contributed by atoms with E-state index in [0.717, 1.165) is 18.9 Å². The summed E-state index contributed by atoms with van der Waals surface area (Å²) in [6, 6.07) is 3.43. The maximum absolute atomic E-state index is 13.7. The maximum Gasteiger partial charge on any atom is 0.129 e. The third kappa shape index (κ3) is 2.46. The molecule has 3 rings (SSSR count). The third-order valence-corrected chi connectivity index (χ3v) is 6.34. The molecule has 0 spiro atoms. The van der Waals surface area contributed by atoms with Crippen LogP contribution >= 0.6 is 0 Å². The average molecular weight is 286 g/mol. The number of benzene rings is 1. The van der Waals surface area contributed by atoms with Gasteiger partial charge in [-0.2, -0.15) is 0 Å². The van der Waals surface area contributed by atoms with Gasteiger partial charge in [0.15, 0.2) is 0 Å². The summed E-state index contributed by atoms with van der Waals surface area (Å²) in [5, 5.41) is 10.7. The minimum Gasteiger partial charge on any atom is -0.389 e. The van der Waals surface area contributed by atoms with Gasteiger partial charge in [-0.3, -0.25) is 4.21 Å². The lowest BCUT2D eigenvalue weighted by Crippen LogP contribution is -2.44. The number of rotatable bonds is 2. The molecule has 2 heterocycles. The summed E-state index contributed by atoms with van der Waals surface area (Å²) in [4.78, 5) is 0. The first-order chi connectivity index (χ1) is 8.97. The van der Waals surface area contributed by atoms with Crippen LogP contribution < -0.4 is 0 Å². The van der Waals surface area contributed by atoms with Gasteiger partial charge in [-0.15, -0.1) is 0 Å². The predicted molar refractivity (Wildman–Crippen MR) is 69.2 cm³/mol. The molecule has 5 heteroatoms. The standard InChI is InChI=1S/C14H16F2O2S/c15-10-2-1-9(13(16)5-10)6-14(17)7-11-3-4-12(8-14)19(11)18/h1-2,5,11-12,17H,3-4,6-8H2. The van der Waals surface area contributed by atoms with E-state index in [4.69, 9.17) is 0 Å². The van der Waals surface area contributed by atoms with Crippen molar-refractivity contribution < 1.29 is 18.1 Å². The van der Waals surface area contributed by atoms with Crippen molar-refractivity contribution in [3.8, 4) is 0 Å². The van der Waals surface area contributed by atoms with Crippen LogP contribution in [-0.2, 0) is 17.2 Å². The van der Waals surface area contributed by atoms with E-state index in [-0.39, 0.29) is 16.9 Å². The average Bonchev–Trinajstić information content (AvgIpc) is 2.58. The van der Waals surface area contributed by atoms with Crippen LogP contribution in [0.5, 0.6) is 0 Å². The van der Waals surface area contributed by atoms with Gasteiger partial charge in [-0.1, -0.05) is 6.07 Å². The SMILES string of the molecule is O=S1C2CCC1CC(O)(Cc1ccc(F)cc1F)C2. The highest BCUT2D eigenvalue weighted by molar-refractivity contribution is 7.86. The fraction of sp³-hybridized carbons (Fsp3) is 0.571. The van der Waals surface area contributed by atoms with Gasteiger partial charge < -0.3 is 5.11 Å². The van der Waals surface area contributed by atoms with Gasteiger partial charge in [0, 0.05) is 33.8 Å². The minimum absolute atomic E-state index is 0.0345. The second kappa shape index (κ2) is 4.63. The molecule has 2 atom stereocenters. The lowest BCUT2D eigenvalue weighted by atomic mass is 9.86. The Morgan fingerprint density at radius 1 is 1.26 bits per heavy atom. The van der Waals surface area contributed by atoms with Crippen LogP contribution in [0, 0.1) is 11.6 Å². The summed E-state index contributed by atoms with van der Waals surface area (Å²) in [6.07, 6.45) is 2.83. The second-order valence-corrected chi connectivity index (χ2v) is 7.69. The first-order valence-electron chi connectivity index (χ1n) is 6.52. The first kappa shape index (κ1) is 13.2. The Hall–Kier alpha value is -0.810. The zero-order valence-electron chi connectivity index (χ0n) is 10.4. The lowest BCUT2D eigenvalue weighted by Gasteiger charge is -2.36. The van der Waals surface area contributed by atoms with Gasteiger partial charge in [0.25, 0.3) is 0 Å². The Labute approximate surface area is 113 Å². The number of fused-ring (bicyclic) bond motifs is 2. The van der Waals surface area contributed by atoms with E-state index >= 15 is 0 Å². The number of hydrogen-bond acceptors (Lipinski definition) is 2. The van der Waals surface area contributed by atoms with Crippen molar-refractivity contribution in [2.75, 3.05) is 0 Å². The highest BCUT2D eigenvalue weighted by Crippen LogP contribution is 2.42. The highest BCUT2D eigenvalue weighted by Gasteiger charge is 2.47. The molecule has 0 aromatic heterocycles. The molecule has 2 unspecified atom stereocenters. The van der Waals surface area contributed by atoms with Crippen molar-refractivity contribution in [1.29, 1.82) is 0 Å². The molecule has 2 bridgehead atoms. The predicted octanol–water partition coefficient (Wildman–Crippen LogP) is 2.31. The van der Waals surface area contributed by atoms with Crippen molar-refractivity contribution in [2.24, 2.45) is 0 Å². The summed E-state index contributed by atoms with van der Waals surface area (Å²) >= 11 is 0. The zero-order valence-corrected chi connectivity index (χ0v) is 11.3. The van der Waals surface area contributed by atoms with Gasteiger partial charge in [-0.25, -0.2) is 8.78 Å². The molecule has 2 aliphatic heterocycles. The molecule has 2 aliphatic rings. The van der Waals surface area contributed by atoms with E-state index in [2.05, 4.69) is 0 Å². The maximum atomic E-state index is 13.7. The third-order valence-electron chi connectivity index (χ3n) is 4.22. The fourth-order valence-electron chi connectivity index (χ4n) is 3.34. The quantitative estimate of drug-likeness (QED) is 0.906. The summed E-state index contributed by atoms with van der Waals surface area (Å²) in [7, 11) is -0.846. The minimum atomic E-state index is -1.00. The molecule has 19 heavy (non-hydrogen) atoms. The van der Waals surface area contributed by atoms with E-state index < -0.39 is 28.0 Å². The Kier molecular flexibility index (Phi) is 3.21. The van der Waals surface area contributed by atoms with E-state index in [9.17, 15) is 18.1 Å². The van der Waals surface area contributed by atoms with Crippen LogP contribution in [0.1, 0.15) is 31.2 Å². The molecule has 2 fully saturated rings. The molecule has 0 amide bonds. The molecule has 0 aliphatic carbocycles. The molecule has 1 aromatic rings. The largest absolute Gasteiger partial charge is 0.389 e. The van der Waals surface area contributed by atoms with E-state index in [0.29, 0.717) is 18.4 Å². The normalized spacial score (nSPS) is 37.5. The van der Waals surface area contributed by atoms with Crippen LogP contribution in [0.15, 0.2) is 18.2 Å². The van der Waals surface area contributed by atoms with Gasteiger partial charge in [0.1, 0.15) is 11.6 Å². The Morgan fingerprint density at radius 3 is 2.47 bits per heavy atom. The van der Waals surface area contributed by atoms with E-state index in [1.807, 2.05) is 0 Å². The van der Waals surface area contributed by atoms with Crippen LogP contribution in [0.2, 0.25) is 0 Å². The Balaban J connectivity index is 1.81. The van der Waals surface area contributed by atoms with Gasteiger partial charge in [0.05, 0.1) is 5.60 Å².